The van der Waals surface area contributed by atoms with Gasteiger partial charge < -0.3 is 20.7 Å². The lowest BCUT2D eigenvalue weighted by Crippen LogP contribution is -2.33. The number of para-hydroxylation sites is 1. The molecule has 0 saturated heterocycles. The maximum absolute atomic E-state index is 11.8. The zero-order chi connectivity index (χ0) is 16.4. The van der Waals surface area contributed by atoms with Crippen molar-refractivity contribution in [2.75, 3.05) is 32.8 Å². The van der Waals surface area contributed by atoms with Gasteiger partial charge in [-0.3, -0.25) is 4.79 Å². The molecular weight excluding hydrogens is 278 g/mol. The summed E-state index contributed by atoms with van der Waals surface area (Å²) < 4.78 is 5.87. The Balaban J connectivity index is 2.53. The monoisotopic (exact) mass is 307 g/mol. The molecule has 0 aromatic heterocycles. The number of hydrogen-bond donors (Lipinski definition) is 2. The van der Waals surface area contributed by atoms with E-state index in [0.29, 0.717) is 19.7 Å². The Kier molecular flexibility index (Phi) is 8.55. The third-order valence-electron chi connectivity index (χ3n) is 3.79. The van der Waals surface area contributed by atoms with Crippen molar-refractivity contribution in [3.8, 4) is 5.75 Å². The standard InChI is InChI=1S/C17H29N3O2/c1-4-20(5-2)10-11-22-16-9-7-6-8-15(16)13-19-17(21)14(3)12-18/h6-9,14H,4-5,10-13,18H2,1-3H3,(H,19,21). The number of nitrogens with two attached hydrogens (primary N) is 1. The third kappa shape index (κ3) is 6.03. The minimum absolute atomic E-state index is 0.0274. The van der Waals surface area contributed by atoms with E-state index in [4.69, 9.17) is 10.5 Å². The van der Waals surface area contributed by atoms with E-state index in [1.54, 1.807) is 0 Å². The molecule has 0 aliphatic carbocycles. The quantitative estimate of drug-likeness (QED) is 0.689. The lowest BCUT2D eigenvalue weighted by atomic mass is 10.1. The van der Waals surface area contributed by atoms with Crippen LogP contribution >= 0.6 is 0 Å². The number of benzene rings is 1. The van der Waals surface area contributed by atoms with E-state index < -0.39 is 0 Å². The topological polar surface area (TPSA) is 67.6 Å². The first-order valence-corrected chi connectivity index (χ1v) is 8.03. The van der Waals surface area contributed by atoms with Crippen LogP contribution in [-0.4, -0.2) is 43.6 Å². The zero-order valence-electron chi connectivity index (χ0n) is 14.0. The molecule has 0 spiro atoms. The van der Waals surface area contributed by atoms with Gasteiger partial charge in [0.2, 0.25) is 5.91 Å². The van der Waals surface area contributed by atoms with Gasteiger partial charge in [0.05, 0.1) is 0 Å². The van der Waals surface area contributed by atoms with E-state index in [9.17, 15) is 4.79 Å². The van der Waals surface area contributed by atoms with Crippen LogP contribution in [0.1, 0.15) is 26.3 Å². The lowest BCUT2D eigenvalue weighted by Gasteiger charge is -2.19. The van der Waals surface area contributed by atoms with Crippen LogP contribution in [0, 0.1) is 5.92 Å². The number of carbonyl (C=O) groups is 1. The Morgan fingerprint density at radius 3 is 2.64 bits per heavy atom. The summed E-state index contributed by atoms with van der Waals surface area (Å²) in [7, 11) is 0. The van der Waals surface area contributed by atoms with Crippen molar-refractivity contribution in [1.29, 1.82) is 0 Å². The highest BCUT2D eigenvalue weighted by molar-refractivity contribution is 5.78. The summed E-state index contributed by atoms with van der Waals surface area (Å²) in [5.41, 5.74) is 6.49. The average Bonchev–Trinajstić information content (AvgIpc) is 2.56. The summed E-state index contributed by atoms with van der Waals surface area (Å²) in [4.78, 5) is 14.1. The van der Waals surface area contributed by atoms with Gasteiger partial charge in [0.15, 0.2) is 0 Å². The Morgan fingerprint density at radius 2 is 2.00 bits per heavy atom. The largest absolute Gasteiger partial charge is 0.492 e. The Bertz CT molecular complexity index is 447. The first-order valence-electron chi connectivity index (χ1n) is 8.03. The van der Waals surface area contributed by atoms with E-state index in [2.05, 4.69) is 24.1 Å². The van der Waals surface area contributed by atoms with Crippen molar-refractivity contribution < 1.29 is 9.53 Å². The smallest absolute Gasteiger partial charge is 0.224 e. The Morgan fingerprint density at radius 1 is 1.32 bits per heavy atom. The normalized spacial score (nSPS) is 12.2. The number of ether oxygens (including phenoxy) is 1. The van der Waals surface area contributed by atoms with Crippen LogP contribution in [0.5, 0.6) is 5.75 Å². The number of likely N-dealkylation sites (N-methyl/N-ethyl adjacent to an activating group) is 1. The highest BCUT2D eigenvalue weighted by Gasteiger charge is 2.11. The Hall–Kier alpha value is -1.59. The van der Waals surface area contributed by atoms with Crippen molar-refractivity contribution in [1.82, 2.24) is 10.2 Å². The molecule has 0 radical (unpaired) electrons. The van der Waals surface area contributed by atoms with Gasteiger partial charge in [0.25, 0.3) is 0 Å². The molecule has 0 aliphatic rings. The van der Waals surface area contributed by atoms with Gasteiger partial charge in [-0.15, -0.1) is 0 Å². The molecule has 1 amide bonds. The highest BCUT2D eigenvalue weighted by atomic mass is 16.5. The fourth-order valence-corrected chi connectivity index (χ4v) is 2.08. The summed E-state index contributed by atoms with van der Waals surface area (Å²) in [5, 5.41) is 2.90. The molecule has 0 aliphatic heterocycles. The van der Waals surface area contributed by atoms with Gasteiger partial charge in [-0.1, -0.05) is 39.0 Å². The number of nitrogens with zero attached hydrogens (tertiary/aromatic N) is 1. The van der Waals surface area contributed by atoms with Crippen LogP contribution in [0.4, 0.5) is 0 Å². The van der Waals surface area contributed by atoms with Gasteiger partial charge >= 0.3 is 0 Å². The second kappa shape index (κ2) is 10.2. The van der Waals surface area contributed by atoms with E-state index in [0.717, 1.165) is 30.9 Å². The lowest BCUT2D eigenvalue weighted by molar-refractivity contribution is -0.124. The van der Waals surface area contributed by atoms with Crippen molar-refractivity contribution in [2.24, 2.45) is 11.7 Å². The molecule has 1 aromatic rings. The summed E-state index contributed by atoms with van der Waals surface area (Å²) in [6, 6.07) is 7.81. The van der Waals surface area contributed by atoms with Crippen molar-refractivity contribution in [3.63, 3.8) is 0 Å². The Labute approximate surface area is 133 Å². The SMILES string of the molecule is CCN(CC)CCOc1ccccc1CNC(=O)C(C)CN. The summed E-state index contributed by atoms with van der Waals surface area (Å²) in [6.45, 7) is 10.5. The first-order chi connectivity index (χ1) is 10.6. The van der Waals surface area contributed by atoms with Crippen LogP contribution in [0.2, 0.25) is 0 Å². The summed E-state index contributed by atoms with van der Waals surface area (Å²) >= 11 is 0. The second-order valence-electron chi connectivity index (χ2n) is 5.34. The second-order valence-corrected chi connectivity index (χ2v) is 5.34. The number of nitrogens with one attached hydrogen (secondary N) is 1. The minimum atomic E-state index is -0.171. The fraction of sp³-hybridized carbons (Fsp3) is 0.588. The number of amides is 1. The molecule has 124 valence electrons. The zero-order valence-corrected chi connectivity index (χ0v) is 14.0. The van der Waals surface area contributed by atoms with E-state index >= 15 is 0 Å². The molecule has 0 heterocycles. The maximum Gasteiger partial charge on any atom is 0.224 e. The molecule has 1 aromatic carbocycles. The van der Waals surface area contributed by atoms with Crippen LogP contribution in [0.15, 0.2) is 24.3 Å². The first kappa shape index (κ1) is 18.5. The number of hydrogen-bond acceptors (Lipinski definition) is 4. The van der Waals surface area contributed by atoms with E-state index in [1.807, 2.05) is 31.2 Å². The molecule has 1 atom stereocenters. The van der Waals surface area contributed by atoms with Gasteiger partial charge in [-0.25, -0.2) is 0 Å². The predicted octanol–water partition coefficient (Wildman–Crippen LogP) is 1.62. The fourth-order valence-electron chi connectivity index (χ4n) is 2.08. The predicted molar refractivity (Wildman–Crippen MR) is 89.8 cm³/mol. The van der Waals surface area contributed by atoms with Gasteiger partial charge in [0.1, 0.15) is 12.4 Å². The van der Waals surface area contributed by atoms with E-state index in [-0.39, 0.29) is 11.8 Å². The van der Waals surface area contributed by atoms with Gasteiger partial charge in [-0.05, 0) is 19.2 Å². The molecule has 0 saturated carbocycles. The molecular formula is C17H29N3O2. The molecule has 22 heavy (non-hydrogen) atoms. The molecule has 3 N–H and O–H groups in total. The molecule has 1 unspecified atom stereocenters. The van der Waals surface area contributed by atoms with Crippen molar-refractivity contribution >= 4 is 5.91 Å². The number of carbonyl (C=O) groups excluding carboxylic acids is 1. The molecule has 1 rings (SSSR count). The summed E-state index contributed by atoms with van der Waals surface area (Å²) in [5.74, 6) is 0.631. The van der Waals surface area contributed by atoms with Gasteiger partial charge in [-0.2, -0.15) is 0 Å². The molecule has 0 fully saturated rings. The molecule has 5 heteroatoms. The van der Waals surface area contributed by atoms with Gasteiger partial charge in [0, 0.05) is 31.1 Å². The van der Waals surface area contributed by atoms with Crippen molar-refractivity contribution in [3.05, 3.63) is 29.8 Å². The van der Waals surface area contributed by atoms with Crippen LogP contribution in [0.3, 0.4) is 0 Å². The van der Waals surface area contributed by atoms with E-state index in [1.165, 1.54) is 0 Å². The highest BCUT2D eigenvalue weighted by Crippen LogP contribution is 2.17. The molecule has 5 nitrogen and oxygen atoms in total. The summed E-state index contributed by atoms with van der Waals surface area (Å²) in [6.07, 6.45) is 0. The van der Waals surface area contributed by atoms with Crippen LogP contribution < -0.4 is 15.8 Å². The van der Waals surface area contributed by atoms with Crippen LogP contribution in [-0.2, 0) is 11.3 Å². The number of rotatable bonds is 10. The average molecular weight is 307 g/mol. The van der Waals surface area contributed by atoms with Crippen molar-refractivity contribution in [2.45, 2.75) is 27.3 Å². The maximum atomic E-state index is 11.8. The minimum Gasteiger partial charge on any atom is -0.492 e. The van der Waals surface area contributed by atoms with Crippen LogP contribution in [0.25, 0.3) is 0 Å². The molecule has 0 bridgehead atoms. The third-order valence-corrected chi connectivity index (χ3v) is 3.79.